The van der Waals surface area contributed by atoms with Crippen molar-refractivity contribution in [2.45, 2.75) is 45.8 Å². The van der Waals surface area contributed by atoms with Crippen molar-refractivity contribution < 1.29 is 19.1 Å². The SMILES string of the molecule is CCOC(=O)/C=C/c1cnc(N[C@@H]2CCN(C(=O)OC(C)(C)C)C2)c(Cl)c1. The molecule has 0 unspecified atom stereocenters. The first-order chi connectivity index (χ1) is 12.7. The van der Waals surface area contributed by atoms with Gasteiger partial charge in [-0.3, -0.25) is 0 Å². The van der Waals surface area contributed by atoms with Gasteiger partial charge in [-0.1, -0.05) is 11.6 Å². The molecule has 0 spiro atoms. The molecule has 1 fully saturated rings. The summed E-state index contributed by atoms with van der Waals surface area (Å²) in [5.74, 6) is 0.130. The number of amides is 1. The molecular formula is C19H26ClN3O4. The van der Waals surface area contributed by atoms with Gasteiger partial charge in [-0.15, -0.1) is 0 Å². The fourth-order valence-electron chi connectivity index (χ4n) is 2.57. The summed E-state index contributed by atoms with van der Waals surface area (Å²) in [4.78, 5) is 29.5. The van der Waals surface area contributed by atoms with E-state index >= 15 is 0 Å². The molecule has 1 aliphatic heterocycles. The van der Waals surface area contributed by atoms with Crippen molar-refractivity contribution in [1.82, 2.24) is 9.88 Å². The summed E-state index contributed by atoms with van der Waals surface area (Å²) in [6.07, 6.45) is 5.01. The average Bonchev–Trinajstić information content (AvgIpc) is 3.03. The normalized spacial score (nSPS) is 17.2. The Labute approximate surface area is 164 Å². The number of aromatic nitrogens is 1. The van der Waals surface area contributed by atoms with Crippen LogP contribution in [0.3, 0.4) is 0 Å². The average molecular weight is 396 g/mol. The topological polar surface area (TPSA) is 80.8 Å². The Morgan fingerprint density at radius 1 is 1.44 bits per heavy atom. The number of halogens is 1. The van der Waals surface area contributed by atoms with Gasteiger partial charge in [-0.2, -0.15) is 0 Å². The first kappa shape index (κ1) is 21.0. The number of likely N-dealkylation sites (tertiary alicyclic amines) is 1. The second kappa shape index (κ2) is 9.08. The third-order valence-corrected chi connectivity index (χ3v) is 4.03. The van der Waals surface area contributed by atoms with Gasteiger partial charge in [0.2, 0.25) is 0 Å². The summed E-state index contributed by atoms with van der Waals surface area (Å²) in [7, 11) is 0. The van der Waals surface area contributed by atoms with Gasteiger partial charge in [-0.25, -0.2) is 14.6 Å². The molecule has 0 aromatic carbocycles. The number of hydrogen-bond donors (Lipinski definition) is 1. The first-order valence-corrected chi connectivity index (χ1v) is 9.30. The number of hydrogen-bond acceptors (Lipinski definition) is 6. The van der Waals surface area contributed by atoms with Crippen molar-refractivity contribution in [1.29, 1.82) is 0 Å². The van der Waals surface area contributed by atoms with E-state index in [1.54, 1.807) is 30.2 Å². The van der Waals surface area contributed by atoms with Crippen LogP contribution in [-0.4, -0.2) is 53.3 Å². The van der Waals surface area contributed by atoms with Gasteiger partial charge in [0.25, 0.3) is 0 Å². The van der Waals surface area contributed by atoms with Crippen molar-refractivity contribution in [2.75, 3.05) is 25.0 Å². The van der Waals surface area contributed by atoms with Gasteiger partial charge < -0.3 is 19.7 Å². The number of nitrogens with one attached hydrogen (secondary N) is 1. The minimum atomic E-state index is -0.514. The molecule has 1 saturated heterocycles. The fourth-order valence-corrected chi connectivity index (χ4v) is 2.80. The van der Waals surface area contributed by atoms with E-state index in [1.807, 2.05) is 20.8 Å². The molecule has 1 amide bonds. The lowest BCUT2D eigenvalue weighted by atomic mass is 10.2. The van der Waals surface area contributed by atoms with E-state index in [0.29, 0.717) is 36.1 Å². The largest absolute Gasteiger partial charge is 0.463 e. The molecule has 0 saturated carbocycles. The quantitative estimate of drug-likeness (QED) is 0.604. The number of ether oxygens (including phenoxy) is 2. The number of carbonyl (C=O) groups excluding carboxylic acids is 2. The number of rotatable bonds is 5. The Morgan fingerprint density at radius 2 is 2.19 bits per heavy atom. The van der Waals surface area contributed by atoms with Crippen LogP contribution in [0, 0.1) is 0 Å². The van der Waals surface area contributed by atoms with Crippen molar-refractivity contribution in [3.8, 4) is 0 Å². The third kappa shape index (κ3) is 6.75. The third-order valence-electron chi connectivity index (χ3n) is 3.74. The number of esters is 1. The smallest absolute Gasteiger partial charge is 0.410 e. The number of anilines is 1. The number of carbonyl (C=O) groups is 2. The van der Waals surface area contributed by atoms with Gasteiger partial charge >= 0.3 is 12.1 Å². The van der Waals surface area contributed by atoms with Crippen LogP contribution < -0.4 is 5.32 Å². The minimum absolute atomic E-state index is 0.0449. The summed E-state index contributed by atoms with van der Waals surface area (Å²) in [5, 5.41) is 3.70. The maximum atomic E-state index is 12.1. The van der Waals surface area contributed by atoms with Gasteiger partial charge in [0.05, 0.1) is 11.6 Å². The molecule has 7 nitrogen and oxygen atoms in total. The maximum Gasteiger partial charge on any atom is 0.410 e. The highest BCUT2D eigenvalue weighted by Gasteiger charge is 2.30. The highest BCUT2D eigenvalue weighted by atomic mass is 35.5. The maximum absolute atomic E-state index is 12.1. The van der Waals surface area contributed by atoms with Gasteiger partial charge in [0, 0.05) is 31.4 Å². The molecule has 148 valence electrons. The highest BCUT2D eigenvalue weighted by molar-refractivity contribution is 6.33. The summed E-state index contributed by atoms with van der Waals surface area (Å²) in [6.45, 7) is 8.75. The van der Waals surface area contributed by atoms with Crippen molar-refractivity contribution in [2.24, 2.45) is 0 Å². The van der Waals surface area contributed by atoms with E-state index in [1.165, 1.54) is 6.08 Å². The lowest BCUT2D eigenvalue weighted by molar-refractivity contribution is -0.137. The second-order valence-electron chi connectivity index (χ2n) is 7.24. The molecule has 2 heterocycles. The van der Waals surface area contributed by atoms with Crippen LogP contribution in [0.2, 0.25) is 5.02 Å². The molecule has 1 N–H and O–H groups in total. The van der Waals surface area contributed by atoms with E-state index in [2.05, 4.69) is 10.3 Å². The Kier molecular flexibility index (Phi) is 7.07. The Bertz CT molecular complexity index is 715. The first-order valence-electron chi connectivity index (χ1n) is 8.93. The molecule has 8 heteroatoms. The van der Waals surface area contributed by atoms with Crippen molar-refractivity contribution >= 4 is 35.6 Å². The monoisotopic (exact) mass is 395 g/mol. The van der Waals surface area contributed by atoms with Crippen LogP contribution in [0.1, 0.15) is 39.7 Å². The van der Waals surface area contributed by atoms with Crippen LogP contribution in [0.25, 0.3) is 6.08 Å². The van der Waals surface area contributed by atoms with Crippen LogP contribution >= 0.6 is 11.6 Å². The molecule has 1 aromatic rings. The van der Waals surface area contributed by atoms with E-state index in [0.717, 1.165) is 6.42 Å². The second-order valence-corrected chi connectivity index (χ2v) is 7.65. The van der Waals surface area contributed by atoms with Gasteiger partial charge in [0.15, 0.2) is 0 Å². The Balaban J connectivity index is 1.93. The molecule has 2 rings (SSSR count). The van der Waals surface area contributed by atoms with Crippen LogP contribution in [-0.2, 0) is 14.3 Å². The van der Waals surface area contributed by atoms with E-state index in [4.69, 9.17) is 21.1 Å². The summed E-state index contributed by atoms with van der Waals surface area (Å²) < 4.78 is 10.2. The molecular weight excluding hydrogens is 370 g/mol. The highest BCUT2D eigenvalue weighted by Crippen LogP contribution is 2.24. The predicted molar refractivity (Wildman–Crippen MR) is 105 cm³/mol. The predicted octanol–water partition coefficient (Wildman–Crippen LogP) is 3.73. The molecule has 0 aliphatic carbocycles. The zero-order chi connectivity index (χ0) is 20.0. The number of pyridine rings is 1. The lowest BCUT2D eigenvalue weighted by Crippen LogP contribution is -2.36. The summed E-state index contributed by atoms with van der Waals surface area (Å²) in [5.41, 5.74) is 0.181. The molecule has 1 aromatic heterocycles. The van der Waals surface area contributed by atoms with E-state index in [-0.39, 0.29) is 12.1 Å². The zero-order valence-corrected chi connectivity index (χ0v) is 16.9. The van der Waals surface area contributed by atoms with Gasteiger partial charge in [-0.05, 0) is 51.8 Å². The van der Waals surface area contributed by atoms with Crippen LogP contribution in [0.4, 0.5) is 10.6 Å². The standard InChI is InChI=1S/C19H26ClN3O4/c1-5-26-16(24)7-6-13-10-15(20)17(21-11-13)22-14-8-9-23(12-14)18(25)27-19(2,3)4/h6-7,10-11,14H,5,8-9,12H2,1-4H3,(H,21,22)/b7-6+/t14-/m1/s1. The van der Waals surface area contributed by atoms with E-state index in [9.17, 15) is 9.59 Å². The summed E-state index contributed by atoms with van der Waals surface area (Å²) in [6, 6.07) is 1.76. The van der Waals surface area contributed by atoms with Crippen molar-refractivity contribution in [3.05, 3.63) is 28.9 Å². The van der Waals surface area contributed by atoms with Crippen LogP contribution in [0.5, 0.6) is 0 Å². The van der Waals surface area contributed by atoms with E-state index < -0.39 is 11.6 Å². The molecule has 0 bridgehead atoms. The molecule has 1 atom stereocenters. The molecule has 27 heavy (non-hydrogen) atoms. The fraction of sp³-hybridized carbons (Fsp3) is 0.526. The van der Waals surface area contributed by atoms with Crippen LogP contribution in [0.15, 0.2) is 18.3 Å². The van der Waals surface area contributed by atoms with Gasteiger partial charge in [0.1, 0.15) is 11.4 Å². The zero-order valence-electron chi connectivity index (χ0n) is 16.1. The lowest BCUT2D eigenvalue weighted by Gasteiger charge is -2.24. The summed E-state index contributed by atoms with van der Waals surface area (Å²) >= 11 is 6.29. The molecule has 1 aliphatic rings. The Hall–Kier alpha value is -2.28. The Morgan fingerprint density at radius 3 is 2.81 bits per heavy atom. The minimum Gasteiger partial charge on any atom is -0.463 e. The van der Waals surface area contributed by atoms with Crippen molar-refractivity contribution in [3.63, 3.8) is 0 Å². The molecule has 0 radical (unpaired) electrons. The number of nitrogens with zero attached hydrogens (tertiary/aromatic N) is 2.